The molecule has 7 heteroatoms. The van der Waals surface area contributed by atoms with Gasteiger partial charge in [-0.25, -0.2) is 4.98 Å². The minimum absolute atomic E-state index is 0.240. The van der Waals surface area contributed by atoms with Crippen LogP contribution in [0.5, 0.6) is 5.75 Å². The topological polar surface area (TPSA) is 49.9 Å². The lowest BCUT2D eigenvalue weighted by molar-refractivity contribution is -0.274. The second-order valence-corrected chi connectivity index (χ2v) is 4.49. The molecule has 0 saturated heterocycles. The molecule has 114 valence electrons. The molecular weight excluding hydrogens is 283 g/mol. The number of benzene rings is 1. The number of hydrogen-bond acceptors (Lipinski definition) is 3. The van der Waals surface area contributed by atoms with Crippen LogP contribution in [0.15, 0.2) is 30.5 Å². The van der Waals surface area contributed by atoms with Crippen molar-refractivity contribution in [3.05, 3.63) is 36.3 Å². The number of alkyl halides is 3. The minimum Gasteiger partial charge on any atom is -0.406 e. The molecule has 4 nitrogen and oxygen atoms in total. The molecule has 1 aromatic heterocycles. The van der Waals surface area contributed by atoms with Crippen LogP contribution in [0.3, 0.4) is 0 Å². The summed E-state index contributed by atoms with van der Waals surface area (Å²) in [6, 6.07) is 5.66. The fourth-order valence-electron chi connectivity index (χ4n) is 1.82. The smallest absolute Gasteiger partial charge is 0.406 e. The van der Waals surface area contributed by atoms with E-state index in [9.17, 15) is 13.2 Å². The fourth-order valence-corrected chi connectivity index (χ4v) is 1.82. The number of imidazole rings is 1. The van der Waals surface area contributed by atoms with Gasteiger partial charge in [0.15, 0.2) is 0 Å². The van der Waals surface area contributed by atoms with Crippen LogP contribution >= 0.6 is 0 Å². The standard InChI is InChI=1S/C14H16F3N3O/c1-2-7-18-9-13-19-8-12(20-13)10-3-5-11(6-4-10)21-14(15,16)17/h3-6,8,18H,2,7,9H2,1H3,(H,19,20). The summed E-state index contributed by atoms with van der Waals surface area (Å²) in [6.45, 7) is 3.60. The highest BCUT2D eigenvalue weighted by atomic mass is 19.4. The molecule has 0 atom stereocenters. The van der Waals surface area contributed by atoms with E-state index in [1.54, 1.807) is 18.3 Å². The molecule has 0 radical (unpaired) electrons. The van der Waals surface area contributed by atoms with E-state index in [4.69, 9.17) is 0 Å². The summed E-state index contributed by atoms with van der Waals surface area (Å²) in [5.41, 5.74) is 1.50. The molecule has 0 saturated carbocycles. The van der Waals surface area contributed by atoms with Gasteiger partial charge >= 0.3 is 6.36 Å². The van der Waals surface area contributed by atoms with E-state index in [2.05, 4.69) is 26.9 Å². The summed E-state index contributed by atoms with van der Waals surface area (Å²) < 4.78 is 40.0. The molecule has 0 aliphatic rings. The number of aromatic amines is 1. The summed E-state index contributed by atoms with van der Waals surface area (Å²) >= 11 is 0. The molecule has 0 unspecified atom stereocenters. The second kappa shape index (κ2) is 6.62. The van der Waals surface area contributed by atoms with Gasteiger partial charge in [0, 0.05) is 0 Å². The number of H-pyrrole nitrogens is 1. The van der Waals surface area contributed by atoms with Gasteiger partial charge in [0.2, 0.25) is 0 Å². The van der Waals surface area contributed by atoms with Crippen LogP contribution in [-0.2, 0) is 6.54 Å². The van der Waals surface area contributed by atoms with Crippen LogP contribution < -0.4 is 10.1 Å². The van der Waals surface area contributed by atoms with Crippen LogP contribution in [0.2, 0.25) is 0 Å². The molecular formula is C14H16F3N3O. The summed E-state index contributed by atoms with van der Waals surface area (Å²) in [4.78, 5) is 7.34. The Morgan fingerprint density at radius 1 is 1.24 bits per heavy atom. The first-order valence-electron chi connectivity index (χ1n) is 6.58. The van der Waals surface area contributed by atoms with E-state index in [1.807, 2.05) is 0 Å². The Morgan fingerprint density at radius 2 is 1.95 bits per heavy atom. The van der Waals surface area contributed by atoms with Gasteiger partial charge in [-0.2, -0.15) is 0 Å². The van der Waals surface area contributed by atoms with E-state index < -0.39 is 6.36 Å². The maximum atomic E-state index is 12.1. The van der Waals surface area contributed by atoms with E-state index in [0.29, 0.717) is 6.54 Å². The number of aromatic nitrogens is 2. The molecule has 0 aliphatic carbocycles. The van der Waals surface area contributed by atoms with Gasteiger partial charge in [-0.05, 0) is 42.8 Å². The molecule has 1 aromatic carbocycles. The number of rotatable bonds is 6. The molecule has 21 heavy (non-hydrogen) atoms. The third kappa shape index (κ3) is 4.78. The summed E-state index contributed by atoms with van der Waals surface area (Å²) in [5, 5.41) is 3.21. The Balaban J connectivity index is 2.02. The monoisotopic (exact) mass is 299 g/mol. The van der Waals surface area contributed by atoms with Gasteiger partial charge < -0.3 is 15.0 Å². The van der Waals surface area contributed by atoms with E-state index in [1.165, 1.54) is 12.1 Å². The van der Waals surface area contributed by atoms with Gasteiger partial charge in [0.1, 0.15) is 11.6 Å². The Morgan fingerprint density at radius 3 is 2.57 bits per heavy atom. The zero-order valence-electron chi connectivity index (χ0n) is 11.5. The third-order valence-corrected chi connectivity index (χ3v) is 2.75. The van der Waals surface area contributed by atoms with Crippen LogP contribution in [-0.4, -0.2) is 22.9 Å². The zero-order chi connectivity index (χ0) is 15.3. The van der Waals surface area contributed by atoms with Crippen molar-refractivity contribution in [1.29, 1.82) is 0 Å². The SMILES string of the molecule is CCCNCc1ncc(-c2ccc(OC(F)(F)F)cc2)[nH]1. The van der Waals surface area contributed by atoms with Gasteiger partial charge in [-0.1, -0.05) is 6.92 Å². The normalized spacial score (nSPS) is 11.6. The summed E-state index contributed by atoms with van der Waals surface area (Å²) in [6.07, 6.45) is -1.98. The number of hydrogen-bond donors (Lipinski definition) is 2. The van der Waals surface area contributed by atoms with Crippen LogP contribution in [0.4, 0.5) is 13.2 Å². The first-order chi connectivity index (χ1) is 9.98. The first-order valence-corrected chi connectivity index (χ1v) is 6.58. The number of nitrogens with one attached hydrogen (secondary N) is 2. The largest absolute Gasteiger partial charge is 0.573 e. The molecule has 2 N–H and O–H groups in total. The van der Waals surface area contributed by atoms with Crippen molar-refractivity contribution in [3.63, 3.8) is 0 Å². The van der Waals surface area contributed by atoms with Crippen molar-refractivity contribution in [2.45, 2.75) is 26.3 Å². The van der Waals surface area contributed by atoms with Crippen molar-refractivity contribution < 1.29 is 17.9 Å². The average Bonchev–Trinajstić information content (AvgIpc) is 2.87. The average molecular weight is 299 g/mol. The Labute approximate surface area is 120 Å². The maximum Gasteiger partial charge on any atom is 0.573 e. The molecule has 0 spiro atoms. The van der Waals surface area contributed by atoms with Crippen molar-refractivity contribution >= 4 is 0 Å². The maximum absolute atomic E-state index is 12.1. The van der Waals surface area contributed by atoms with Crippen molar-refractivity contribution in [3.8, 4) is 17.0 Å². The molecule has 0 bridgehead atoms. The van der Waals surface area contributed by atoms with Crippen LogP contribution in [0.1, 0.15) is 19.2 Å². The summed E-state index contributed by atoms with van der Waals surface area (Å²) in [7, 11) is 0. The lowest BCUT2D eigenvalue weighted by Crippen LogP contribution is -2.16. The van der Waals surface area contributed by atoms with Gasteiger partial charge in [0.25, 0.3) is 0 Å². The highest BCUT2D eigenvalue weighted by Gasteiger charge is 2.30. The van der Waals surface area contributed by atoms with Crippen molar-refractivity contribution in [1.82, 2.24) is 15.3 Å². The van der Waals surface area contributed by atoms with Gasteiger partial charge in [0.05, 0.1) is 18.4 Å². The molecule has 0 amide bonds. The Kier molecular flexibility index (Phi) is 4.85. The molecule has 1 heterocycles. The van der Waals surface area contributed by atoms with E-state index in [-0.39, 0.29) is 5.75 Å². The Bertz CT molecular complexity index is 564. The third-order valence-electron chi connectivity index (χ3n) is 2.75. The predicted molar refractivity (Wildman–Crippen MR) is 72.7 cm³/mol. The second-order valence-electron chi connectivity index (χ2n) is 4.49. The number of halogens is 3. The van der Waals surface area contributed by atoms with Crippen molar-refractivity contribution in [2.24, 2.45) is 0 Å². The predicted octanol–water partition coefficient (Wildman–Crippen LogP) is 3.47. The van der Waals surface area contributed by atoms with E-state index >= 15 is 0 Å². The minimum atomic E-state index is -4.67. The summed E-state index contributed by atoms with van der Waals surface area (Å²) in [5.74, 6) is 0.546. The first kappa shape index (κ1) is 15.4. The van der Waals surface area contributed by atoms with Crippen molar-refractivity contribution in [2.75, 3.05) is 6.54 Å². The zero-order valence-corrected chi connectivity index (χ0v) is 11.5. The van der Waals surface area contributed by atoms with Crippen LogP contribution in [0, 0.1) is 0 Å². The van der Waals surface area contributed by atoms with Crippen LogP contribution in [0.25, 0.3) is 11.3 Å². The van der Waals surface area contributed by atoms with Gasteiger partial charge in [-0.15, -0.1) is 13.2 Å². The number of ether oxygens (including phenoxy) is 1. The highest BCUT2D eigenvalue weighted by molar-refractivity contribution is 5.59. The lowest BCUT2D eigenvalue weighted by Gasteiger charge is -2.08. The molecule has 0 fully saturated rings. The molecule has 2 aromatic rings. The number of nitrogens with zero attached hydrogens (tertiary/aromatic N) is 1. The lowest BCUT2D eigenvalue weighted by atomic mass is 10.2. The molecule has 2 rings (SSSR count). The van der Waals surface area contributed by atoms with E-state index in [0.717, 1.165) is 30.0 Å². The van der Waals surface area contributed by atoms with Gasteiger partial charge in [-0.3, -0.25) is 0 Å². The molecule has 0 aliphatic heterocycles. The Hall–Kier alpha value is -2.02. The highest BCUT2D eigenvalue weighted by Crippen LogP contribution is 2.25. The quantitative estimate of drug-likeness (QED) is 0.803. The fraction of sp³-hybridized carbons (Fsp3) is 0.357.